The molecule has 2 unspecified atom stereocenters. The summed E-state index contributed by atoms with van der Waals surface area (Å²) in [6, 6.07) is 0.0522. The second-order valence-electron chi connectivity index (χ2n) is 4.97. The van der Waals surface area contributed by atoms with Gasteiger partial charge in [0.1, 0.15) is 0 Å². The lowest BCUT2D eigenvalue weighted by molar-refractivity contribution is -0.137. The van der Waals surface area contributed by atoms with Gasteiger partial charge in [-0.15, -0.1) is 0 Å². The SMILES string of the molecule is CC(CCC(=O)O)NC(=O)N(C)C(C)C1CC1. The summed E-state index contributed by atoms with van der Waals surface area (Å²) in [5.74, 6) is -0.189. The van der Waals surface area contributed by atoms with Crippen molar-refractivity contribution in [1.82, 2.24) is 10.2 Å². The normalized spacial score (nSPS) is 18.3. The van der Waals surface area contributed by atoms with E-state index in [4.69, 9.17) is 5.11 Å². The van der Waals surface area contributed by atoms with Crippen LogP contribution in [-0.2, 0) is 4.79 Å². The summed E-state index contributed by atoms with van der Waals surface area (Å²) in [4.78, 5) is 24.0. The number of amides is 2. The lowest BCUT2D eigenvalue weighted by Gasteiger charge is -2.26. The molecule has 0 aromatic rings. The summed E-state index contributed by atoms with van der Waals surface area (Å²) in [5.41, 5.74) is 0. The molecule has 2 amide bonds. The van der Waals surface area contributed by atoms with Crippen LogP contribution in [0.4, 0.5) is 4.79 Å². The van der Waals surface area contributed by atoms with Crippen LogP contribution in [0.3, 0.4) is 0 Å². The number of aliphatic carboxylic acids is 1. The van der Waals surface area contributed by atoms with Gasteiger partial charge in [-0.05, 0) is 39.0 Å². The lowest BCUT2D eigenvalue weighted by Crippen LogP contribution is -2.46. The van der Waals surface area contributed by atoms with Gasteiger partial charge in [-0.3, -0.25) is 4.79 Å². The Bertz CT molecular complexity index is 289. The van der Waals surface area contributed by atoms with Crippen molar-refractivity contribution in [3.05, 3.63) is 0 Å². The van der Waals surface area contributed by atoms with Crippen molar-refractivity contribution in [2.45, 2.75) is 51.6 Å². The first kappa shape index (κ1) is 13.8. The Balaban J connectivity index is 2.29. The molecule has 0 radical (unpaired) electrons. The Morgan fingerprint density at radius 2 is 2.00 bits per heavy atom. The second kappa shape index (κ2) is 5.89. The Labute approximate surface area is 102 Å². The van der Waals surface area contributed by atoms with E-state index >= 15 is 0 Å². The van der Waals surface area contributed by atoms with Crippen LogP contribution in [0.25, 0.3) is 0 Å². The molecule has 5 nitrogen and oxygen atoms in total. The van der Waals surface area contributed by atoms with Gasteiger partial charge in [0.25, 0.3) is 0 Å². The maximum Gasteiger partial charge on any atom is 0.317 e. The van der Waals surface area contributed by atoms with Gasteiger partial charge in [0.15, 0.2) is 0 Å². The summed E-state index contributed by atoms with van der Waals surface area (Å²) in [7, 11) is 1.79. The third kappa shape index (κ3) is 4.63. The van der Waals surface area contributed by atoms with E-state index in [0.717, 1.165) is 0 Å². The molecule has 0 aromatic heterocycles. The highest BCUT2D eigenvalue weighted by atomic mass is 16.4. The largest absolute Gasteiger partial charge is 0.481 e. The van der Waals surface area contributed by atoms with E-state index in [-0.39, 0.29) is 24.5 Å². The van der Waals surface area contributed by atoms with Gasteiger partial charge in [0.2, 0.25) is 0 Å². The number of nitrogens with one attached hydrogen (secondary N) is 1. The smallest absolute Gasteiger partial charge is 0.317 e. The fraction of sp³-hybridized carbons (Fsp3) is 0.833. The van der Waals surface area contributed by atoms with Crippen molar-refractivity contribution in [2.75, 3.05) is 7.05 Å². The van der Waals surface area contributed by atoms with Gasteiger partial charge >= 0.3 is 12.0 Å². The summed E-state index contributed by atoms with van der Waals surface area (Å²) >= 11 is 0. The highest BCUT2D eigenvalue weighted by Crippen LogP contribution is 2.34. The molecular weight excluding hydrogens is 220 g/mol. The van der Waals surface area contributed by atoms with Crippen LogP contribution in [0.5, 0.6) is 0 Å². The molecule has 0 heterocycles. The molecule has 2 N–H and O–H groups in total. The summed E-state index contributed by atoms with van der Waals surface area (Å²) in [6.45, 7) is 3.88. The molecule has 1 rings (SSSR count). The molecule has 0 aliphatic heterocycles. The number of hydrogen-bond acceptors (Lipinski definition) is 2. The highest BCUT2D eigenvalue weighted by Gasteiger charge is 2.32. The maximum atomic E-state index is 11.8. The monoisotopic (exact) mass is 242 g/mol. The van der Waals surface area contributed by atoms with Gasteiger partial charge < -0.3 is 15.3 Å². The third-order valence-electron chi connectivity index (χ3n) is 3.40. The first-order valence-electron chi connectivity index (χ1n) is 6.17. The predicted octanol–water partition coefficient (Wildman–Crippen LogP) is 1.68. The lowest BCUT2D eigenvalue weighted by atomic mass is 10.2. The Morgan fingerprint density at radius 3 is 2.47 bits per heavy atom. The van der Waals surface area contributed by atoms with Gasteiger partial charge in [-0.2, -0.15) is 0 Å². The van der Waals surface area contributed by atoms with Crippen molar-refractivity contribution < 1.29 is 14.7 Å². The average molecular weight is 242 g/mol. The van der Waals surface area contributed by atoms with Crippen LogP contribution in [0, 0.1) is 5.92 Å². The molecule has 2 atom stereocenters. The van der Waals surface area contributed by atoms with Gasteiger partial charge in [0.05, 0.1) is 0 Å². The summed E-state index contributed by atoms with van der Waals surface area (Å²) in [5, 5.41) is 11.4. The Morgan fingerprint density at radius 1 is 1.41 bits per heavy atom. The molecule has 0 bridgehead atoms. The number of carbonyl (C=O) groups is 2. The van der Waals surface area contributed by atoms with Crippen LogP contribution in [0.2, 0.25) is 0 Å². The van der Waals surface area contributed by atoms with Crippen molar-refractivity contribution in [3.63, 3.8) is 0 Å². The molecule has 5 heteroatoms. The van der Waals surface area contributed by atoms with Crippen molar-refractivity contribution in [1.29, 1.82) is 0 Å². The van der Waals surface area contributed by atoms with Crippen LogP contribution in [0.1, 0.15) is 39.5 Å². The van der Waals surface area contributed by atoms with Crippen molar-refractivity contribution in [3.8, 4) is 0 Å². The van der Waals surface area contributed by atoms with E-state index in [1.165, 1.54) is 12.8 Å². The summed E-state index contributed by atoms with van der Waals surface area (Å²) < 4.78 is 0. The summed E-state index contributed by atoms with van der Waals surface area (Å²) in [6.07, 6.45) is 2.96. The van der Waals surface area contributed by atoms with Gasteiger partial charge in [-0.1, -0.05) is 0 Å². The molecular formula is C12H22N2O3. The fourth-order valence-corrected chi connectivity index (χ4v) is 1.80. The first-order valence-corrected chi connectivity index (χ1v) is 6.17. The van der Waals surface area contributed by atoms with Crippen LogP contribution in [-0.4, -0.2) is 41.1 Å². The average Bonchev–Trinajstić information content (AvgIpc) is 3.07. The fourth-order valence-electron chi connectivity index (χ4n) is 1.80. The predicted molar refractivity (Wildman–Crippen MR) is 64.8 cm³/mol. The number of hydrogen-bond donors (Lipinski definition) is 2. The number of urea groups is 1. The molecule has 17 heavy (non-hydrogen) atoms. The minimum atomic E-state index is -0.828. The van der Waals surface area contributed by atoms with E-state index in [1.54, 1.807) is 11.9 Å². The third-order valence-corrected chi connectivity index (χ3v) is 3.40. The number of nitrogens with zero attached hydrogens (tertiary/aromatic N) is 1. The van der Waals surface area contributed by atoms with Crippen LogP contribution >= 0.6 is 0 Å². The highest BCUT2D eigenvalue weighted by molar-refractivity contribution is 5.74. The van der Waals surface area contributed by atoms with E-state index in [0.29, 0.717) is 12.3 Å². The topological polar surface area (TPSA) is 69.6 Å². The zero-order valence-electron chi connectivity index (χ0n) is 10.8. The molecule has 0 saturated heterocycles. The molecule has 98 valence electrons. The second-order valence-corrected chi connectivity index (χ2v) is 4.97. The zero-order valence-corrected chi connectivity index (χ0v) is 10.8. The molecule has 1 aliphatic carbocycles. The standard InChI is InChI=1S/C12H22N2O3/c1-8(4-7-11(15)16)13-12(17)14(3)9(2)10-5-6-10/h8-10H,4-7H2,1-3H3,(H,13,17)(H,15,16). The van der Waals surface area contributed by atoms with Crippen LogP contribution < -0.4 is 5.32 Å². The van der Waals surface area contributed by atoms with Crippen molar-refractivity contribution in [2.24, 2.45) is 5.92 Å². The maximum absolute atomic E-state index is 11.8. The van der Waals surface area contributed by atoms with Crippen molar-refractivity contribution >= 4 is 12.0 Å². The van der Waals surface area contributed by atoms with Gasteiger partial charge in [0, 0.05) is 25.6 Å². The molecule has 1 aliphatic rings. The minimum absolute atomic E-state index is 0.0866. The molecule has 0 spiro atoms. The molecule has 1 fully saturated rings. The Kier molecular flexibility index (Phi) is 4.78. The van der Waals surface area contributed by atoms with E-state index in [9.17, 15) is 9.59 Å². The first-order chi connectivity index (χ1) is 7.91. The van der Waals surface area contributed by atoms with E-state index in [1.807, 2.05) is 6.92 Å². The minimum Gasteiger partial charge on any atom is -0.481 e. The number of carboxylic acid groups (broad SMARTS) is 1. The molecule has 1 saturated carbocycles. The van der Waals surface area contributed by atoms with Gasteiger partial charge in [-0.25, -0.2) is 4.79 Å². The zero-order chi connectivity index (χ0) is 13.0. The number of carbonyl (C=O) groups excluding carboxylic acids is 1. The van der Waals surface area contributed by atoms with E-state index < -0.39 is 5.97 Å². The van der Waals surface area contributed by atoms with Crippen LogP contribution in [0.15, 0.2) is 0 Å². The quantitative estimate of drug-likeness (QED) is 0.744. The Hall–Kier alpha value is -1.26. The number of rotatable bonds is 6. The molecule has 0 aromatic carbocycles. The number of carboxylic acids is 1. The van der Waals surface area contributed by atoms with E-state index in [2.05, 4.69) is 12.2 Å².